The van der Waals surface area contributed by atoms with Crippen LogP contribution in [0.25, 0.3) is 11.0 Å². The molecule has 2 saturated heterocycles. The summed E-state index contributed by atoms with van der Waals surface area (Å²) in [6, 6.07) is 0.181. The maximum Gasteiger partial charge on any atom is 0.246 e. The van der Waals surface area contributed by atoms with Gasteiger partial charge in [-0.15, -0.1) is 0 Å². The first-order valence-electron chi connectivity index (χ1n) is 10.9. The van der Waals surface area contributed by atoms with Gasteiger partial charge < -0.3 is 24.8 Å². The second kappa shape index (κ2) is 9.57. The molecule has 0 aliphatic carbocycles. The monoisotopic (exact) mass is 412 g/mol. The molecule has 0 unspecified atom stereocenters. The number of carbonyl (C=O) groups is 1. The molecule has 0 aromatic carbocycles. The SMILES string of the molecule is CN(C)C/C=C/C(=O)N1CCC[C@@H](Nc2ncnc3[nH]cc(C4CCOCC4)c23)C1. The molecule has 2 fully saturated rings. The Bertz CT molecular complexity index is 887. The fourth-order valence-electron chi connectivity index (χ4n) is 4.38. The van der Waals surface area contributed by atoms with E-state index in [0.29, 0.717) is 12.5 Å². The van der Waals surface area contributed by atoms with Gasteiger partial charge in [-0.2, -0.15) is 0 Å². The van der Waals surface area contributed by atoms with Gasteiger partial charge >= 0.3 is 0 Å². The molecule has 4 rings (SSSR count). The van der Waals surface area contributed by atoms with Crippen molar-refractivity contribution in [2.24, 2.45) is 0 Å². The first-order chi connectivity index (χ1) is 14.6. The molecule has 162 valence electrons. The van der Waals surface area contributed by atoms with E-state index in [-0.39, 0.29) is 11.9 Å². The quantitative estimate of drug-likeness (QED) is 0.709. The summed E-state index contributed by atoms with van der Waals surface area (Å²) in [6.45, 7) is 3.86. The van der Waals surface area contributed by atoms with Crippen molar-refractivity contribution < 1.29 is 9.53 Å². The minimum absolute atomic E-state index is 0.0840. The second-order valence-electron chi connectivity index (χ2n) is 8.51. The normalized spacial score (nSPS) is 21.0. The third-order valence-corrected chi connectivity index (χ3v) is 5.97. The number of hydrogen-bond acceptors (Lipinski definition) is 6. The van der Waals surface area contributed by atoms with Gasteiger partial charge in [-0.05, 0) is 51.3 Å². The highest BCUT2D eigenvalue weighted by Crippen LogP contribution is 2.35. The van der Waals surface area contributed by atoms with E-state index in [0.717, 1.165) is 68.8 Å². The van der Waals surface area contributed by atoms with E-state index in [4.69, 9.17) is 4.74 Å². The molecule has 2 aromatic heterocycles. The zero-order chi connectivity index (χ0) is 20.9. The molecular formula is C22H32N6O2. The van der Waals surface area contributed by atoms with E-state index in [1.807, 2.05) is 30.0 Å². The van der Waals surface area contributed by atoms with Crippen molar-refractivity contribution in [2.75, 3.05) is 52.3 Å². The van der Waals surface area contributed by atoms with Crippen LogP contribution in [0.1, 0.15) is 37.2 Å². The molecular weight excluding hydrogens is 380 g/mol. The Balaban J connectivity index is 1.47. The van der Waals surface area contributed by atoms with Crippen LogP contribution in [0, 0.1) is 0 Å². The minimum atomic E-state index is 0.0840. The Morgan fingerprint density at radius 3 is 2.97 bits per heavy atom. The van der Waals surface area contributed by atoms with Crippen molar-refractivity contribution >= 4 is 22.8 Å². The molecule has 30 heavy (non-hydrogen) atoms. The zero-order valence-electron chi connectivity index (χ0n) is 17.9. The van der Waals surface area contributed by atoms with Gasteiger partial charge in [0.25, 0.3) is 0 Å². The van der Waals surface area contributed by atoms with Gasteiger partial charge in [0.15, 0.2) is 0 Å². The van der Waals surface area contributed by atoms with Crippen molar-refractivity contribution in [1.29, 1.82) is 0 Å². The lowest BCUT2D eigenvalue weighted by Crippen LogP contribution is -2.44. The van der Waals surface area contributed by atoms with Crippen LogP contribution in [0.4, 0.5) is 5.82 Å². The maximum atomic E-state index is 12.6. The van der Waals surface area contributed by atoms with Crippen LogP contribution in [0.15, 0.2) is 24.7 Å². The number of nitrogens with one attached hydrogen (secondary N) is 2. The van der Waals surface area contributed by atoms with Crippen LogP contribution in [0.3, 0.4) is 0 Å². The van der Waals surface area contributed by atoms with E-state index in [2.05, 4.69) is 26.5 Å². The van der Waals surface area contributed by atoms with Crippen molar-refractivity contribution in [3.63, 3.8) is 0 Å². The number of H-pyrrole nitrogens is 1. The van der Waals surface area contributed by atoms with E-state index < -0.39 is 0 Å². The fourth-order valence-corrected chi connectivity index (χ4v) is 4.38. The van der Waals surface area contributed by atoms with E-state index in [9.17, 15) is 4.79 Å². The summed E-state index contributed by atoms with van der Waals surface area (Å²) in [5, 5.41) is 4.70. The summed E-state index contributed by atoms with van der Waals surface area (Å²) in [4.78, 5) is 28.8. The molecule has 8 nitrogen and oxygen atoms in total. The highest BCUT2D eigenvalue weighted by Gasteiger charge is 2.26. The van der Waals surface area contributed by atoms with Crippen LogP contribution < -0.4 is 5.32 Å². The number of ether oxygens (including phenoxy) is 1. The number of nitrogens with zero attached hydrogens (tertiary/aromatic N) is 4. The lowest BCUT2D eigenvalue weighted by Gasteiger charge is -2.33. The summed E-state index contributed by atoms with van der Waals surface area (Å²) in [5.74, 6) is 1.41. The number of likely N-dealkylation sites (tertiary alicyclic amines) is 1. The first kappa shape index (κ1) is 20.8. The first-order valence-corrected chi connectivity index (χ1v) is 10.9. The molecule has 0 bridgehead atoms. The molecule has 1 amide bonds. The number of likely N-dealkylation sites (N-methyl/N-ethyl adjacent to an activating group) is 1. The molecule has 1 atom stereocenters. The molecule has 2 aliphatic heterocycles. The van der Waals surface area contributed by atoms with Gasteiger partial charge in [-0.1, -0.05) is 6.08 Å². The Morgan fingerprint density at radius 1 is 1.33 bits per heavy atom. The number of fused-ring (bicyclic) bond motifs is 1. The lowest BCUT2D eigenvalue weighted by molar-refractivity contribution is -0.127. The second-order valence-corrected chi connectivity index (χ2v) is 8.51. The predicted molar refractivity (Wildman–Crippen MR) is 118 cm³/mol. The number of piperidine rings is 1. The number of anilines is 1. The Hall–Kier alpha value is -2.45. The van der Waals surface area contributed by atoms with Gasteiger partial charge in [0.2, 0.25) is 5.91 Å². The van der Waals surface area contributed by atoms with E-state index in [1.54, 1.807) is 12.4 Å². The summed E-state index contributed by atoms with van der Waals surface area (Å²) in [5.41, 5.74) is 2.14. The number of hydrogen-bond donors (Lipinski definition) is 2. The Labute approximate surface area is 177 Å². The van der Waals surface area contributed by atoms with Gasteiger partial charge in [0.05, 0.1) is 5.39 Å². The number of aromatic nitrogens is 3. The summed E-state index contributed by atoms with van der Waals surface area (Å²) < 4.78 is 5.53. The van der Waals surface area contributed by atoms with E-state index >= 15 is 0 Å². The average molecular weight is 413 g/mol. The molecule has 0 radical (unpaired) electrons. The predicted octanol–water partition coefficient (Wildman–Crippen LogP) is 2.37. The van der Waals surface area contributed by atoms with Gasteiger partial charge in [0.1, 0.15) is 17.8 Å². The van der Waals surface area contributed by atoms with Crippen LogP contribution >= 0.6 is 0 Å². The average Bonchev–Trinajstić information content (AvgIpc) is 3.19. The molecule has 4 heterocycles. The molecule has 8 heteroatoms. The van der Waals surface area contributed by atoms with Crippen LogP contribution in [-0.2, 0) is 9.53 Å². The number of aromatic amines is 1. The fraction of sp³-hybridized carbons (Fsp3) is 0.591. The standard InChI is InChI=1S/C22H32N6O2/c1-27(2)9-4-6-19(29)28-10-3-5-17(14-28)26-22-20-18(16-7-11-30-12-8-16)13-23-21(20)24-15-25-22/h4,6,13,15-17H,3,5,7-12,14H2,1-2H3,(H2,23,24,25,26)/b6-4+/t17-/m1/s1. The number of rotatable bonds is 6. The van der Waals surface area contributed by atoms with E-state index in [1.165, 1.54) is 5.56 Å². The molecule has 2 aromatic rings. The van der Waals surface area contributed by atoms with Gasteiger partial charge in [0, 0.05) is 51.2 Å². The lowest BCUT2D eigenvalue weighted by atomic mass is 9.92. The molecule has 0 spiro atoms. The third kappa shape index (κ3) is 4.82. The summed E-state index contributed by atoms with van der Waals surface area (Å²) >= 11 is 0. The molecule has 0 saturated carbocycles. The van der Waals surface area contributed by atoms with Crippen molar-refractivity contribution in [1.82, 2.24) is 24.8 Å². The molecule has 2 N–H and O–H groups in total. The maximum absolute atomic E-state index is 12.6. The summed E-state index contributed by atoms with van der Waals surface area (Å²) in [6.07, 6.45) is 11.3. The topological polar surface area (TPSA) is 86.4 Å². The van der Waals surface area contributed by atoms with Gasteiger partial charge in [-0.3, -0.25) is 4.79 Å². The van der Waals surface area contributed by atoms with Gasteiger partial charge in [-0.25, -0.2) is 9.97 Å². The molecule has 2 aliphatic rings. The summed E-state index contributed by atoms with van der Waals surface area (Å²) in [7, 11) is 3.99. The highest BCUT2D eigenvalue weighted by atomic mass is 16.5. The van der Waals surface area contributed by atoms with Crippen molar-refractivity contribution in [3.05, 3.63) is 30.2 Å². The largest absolute Gasteiger partial charge is 0.381 e. The Morgan fingerprint density at radius 2 is 2.17 bits per heavy atom. The smallest absolute Gasteiger partial charge is 0.246 e. The van der Waals surface area contributed by atoms with Crippen LogP contribution in [0.5, 0.6) is 0 Å². The van der Waals surface area contributed by atoms with Crippen LogP contribution in [-0.4, -0.2) is 83.6 Å². The zero-order valence-corrected chi connectivity index (χ0v) is 17.9. The highest BCUT2D eigenvalue weighted by molar-refractivity contribution is 5.91. The van der Waals surface area contributed by atoms with Crippen molar-refractivity contribution in [2.45, 2.75) is 37.6 Å². The third-order valence-electron chi connectivity index (χ3n) is 5.97. The van der Waals surface area contributed by atoms with Crippen molar-refractivity contribution in [3.8, 4) is 0 Å². The Kier molecular flexibility index (Phi) is 6.64. The number of amides is 1. The minimum Gasteiger partial charge on any atom is -0.381 e. The van der Waals surface area contributed by atoms with Crippen LogP contribution in [0.2, 0.25) is 0 Å². The number of carbonyl (C=O) groups excluding carboxylic acids is 1.